The van der Waals surface area contributed by atoms with Crippen molar-refractivity contribution in [1.82, 2.24) is 14.5 Å². The van der Waals surface area contributed by atoms with Crippen LogP contribution in [0.2, 0.25) is 5.02 Å². The molecule has 41 heavy (non-hydrogen) atoms. The fourth-order valence-corrected chi connectivity index (χ4v) is 4.26. The van der Waals surface area contributed by atoms with Gasteiger partial charge in [0.15, 0.2) is 0 Å². The third-order valence-electron chi connectivity index (χ3n) is 6.33. The summed E-state index contributed by atoms with van der Waals surface area (Å²) in [6, 6.07) is 22.9. The minimum absolute atomic E-state index is 0. The van der Waals surface area contributed by atoms with Crippen molar-refractivity contribution in [2.75, 3.05) is 32.8 Å². The Labute approximate surface area is 259 Å². The van der Waals surface area contributed by atoms with Gasteiger partial charge in [-0.2, -0.15) is 0 Å². The van der Waals surface area contributed by atoms with Gasteiger partial charge in [-0.15, -0.1) is 24.8 Å². The van der Waals surface area contributed by atoms with Gasteiger partial charge in [0.05, 0.1) is 5.69 Å². The Hall–Kier alpha value is -2.78. The molecule has 1 atom stereocenters. The van der Waals surface area contributed by atoms with E-state index < -0.39 is 6.10 Å². The summed E-state index contributed by atoms with van der Waals surface area (Å²) in [5.41, 5.74) is 2.75. The molecule has 1 N–H and O–H groups in total. The topological polar surface area (TPSA) is 69.0 Å². The standard InChI is InChI=1S/C31H36ClN3O4.2ClH/c1-4-34(5-2)19-26(36)21-38-27-13-7-23(8-14-27)30-20-35(31(33-30)22-37-6-3)25-11-17-29(18-12-25)39-28-15-9-24(32)10-16-28;;/h7-18,20,26,36H,4-6,19,21-22H2,1-3H3;2*1H/t26-;;/m0../s1. The molecular weight excluding hydrogens is 585 g/mol. The maximum Gasteiger partial charge on any atom is 0.140 e. The molecule has 1 aromatic heterocycles. The first kappa shape index (κ1) is 34.4. The van der Waals surface area contributed by atoms with Crippen LogP contribution in [0, 0.1) is 0 Å². The van der Waals surface area contributed by atoms with Gasteiger partial charge in [0.25, 0.3) is 0 Å². The number of aliphatic hydroxyl groups excluding tert-OH is 1. The van der Waals surface area contributed by atoms with Gasteiger partial charge >= 0.3 is 0 Å². The van der Waals surface area contributed by atoms with E-state index in [2.05, 4.69) is 18.7 Å². The predicted molar refractivity (Wildman–Crippen MR) is 170 cm³/mol. The van der Waals surface area contributed by atoms with Gasteiger partial charge in [0.1, 0.15) is 42.4 Å². The molecule has 0 spiro atoms. The van der Waals surface area contributed by atoms with Gasteiger partial charge < -0.3 is 28.8 Å². The lowest BCUT2D eigenvalue weighted by Gasteiger charge is -2.21. The summed E-state index contributed by atoms with van der Waals surface area (Å²) in [7, 11) is 0. The third kappa shape index (κ3) is 9.92. The highest BCUT2D eigenvalue weighted by atomic mass is 35.5. The number of nitrogens with zero attached hydrogens (tertiary/aromatic N) is 3. The molecular formula is C31H38Cl3N3O4. The monoisotopic (exact) mass is 621 g/mol. The number of aliphatic hydroxyl groups is 1. The molecule has 10 heteroatoms. The average Bonchev–Trinajstić information content (AvgIpc) is 3.39. The van der Waals surface area contributed by atoms with Crippen molar-refractivity contribution in [2.24, 2.45) is 0 Å². The largest absolute Gasteiger partial charge is 0.491 e. The predicted octanol–water partition coefficient (Wildman–Crippen LogP) is 7.45. The van der Waals surface area contributed by atoms with Crippen LogP contribution in [0.5, 0.6) is 17.2 Å². The van der Waals surface area contributed by atoms with Gasteiger partial charge in [-0.1, -0.05) is 25.4 Å². The van der Waals surface area contributed by atoms with Crippen LogP contribution in [0.3, 0.4) is 0 Å². The molecule has 0 radical (unpaired) electrons. The van der Waals surface area contributed by atoms with E-state index in [0.717, 1.165) is 47.4 Å². The summed E-state index contributed by atoms with van der Waals surface area (Å²) in [6.07, 6.45) is 1.47. The lowest BCUT2D eigenvalue weighted by Crippen LogP contribution is -2.35. The van der Waals surface area contributed by atoms with Crippen molar-refractivity contribution in [2.45, 2.75) is 33.5 Å². The van der Waals surface area contributed by atoms with Gasteiger partial charge in [0, 0.05) is 35.6 Å². The van der Waals surface area contributed by atoms with E-state index in [1.165, 1.54) is 0 Å². The normalized spacial score (nSPS) is 11.5. The second-order valence-electron chi connectivity index (χ2n) is 9.07. The molecule has 0 saturated carbocycles. The minimum Gasteiger partial charge on any atom is -0.491 e. The summed E-state index contributed by atoms with van der Waals surface area (Å²) in [4.78, 5) is 7.03. The molecule has 3 aromatic carbocycles. The lowest BCUT2D eigenvalue weighted by atomic mass is 10.1. The second kappa shape index (κ2) is 17.2. The highest BCUT2D eigenvalue weighted by molar-refractivity contribution is 6.30. The Kier molecular flexibility index (Phi) is 14.5. The molecule has 0 saturated heterocycles. The van der Waals surface area contributed by atoms with E-state index >= 15 is 0 Å². The molecule has 7 nitrogen and oxygen atoms in total. The third-order valence-corrected chi connectivity index (χ3v) is 6.59. The molecule has 0 aliphatic rings. The first-order valence-electron chi connectivity index (χ1n) is 13.3. The van der Waals surface area contributed by atoms with Crippen LogP contribution in [0.1, 0.15) is 26.6 Å². The zero-order chi connectivity index (χ0) is 27.6. The van der Waals surface area contributed by atoms with Crippen LogP contribution >= 0.6 is 36.4 Å². The van der Waals surface area contributed by atoms with Crippen LogP contribution in [0.15, 0.2) is 79.0 Å². The molecule has 0 bridgehead atoms. The van der Waals surface area contributed by atoms with Crippen molar-refractivity contribution in [3.63, 3.8) is 0 Å². The van der Waals surface area contributed by atoms with E-state index in [4.69, 9.17) is 30.8 Å². The number of hydrogen-bond donors (Lipinski definition) is 1. The summed E-state index contributed by atoms with van der Waals surface area (Å²) in [5.74, 6) is 2.96. The van der Waals surface area contributed by atoms with E-state index in [1.54, 1.807) is 12.1 Å². The van der Waals surface area contributed by atoms with Gasteiger partial charge in [0.2, 0.25) is 0 Å². The van der Waals surface area contributed by atoms with Crippen molar-refractivity contribution < 1.29 is 19.3 Å². The van der Waals surface area contributed by atoms with Crippen LogP contribution in [0.25, 0.3) is 16.9 Å². The lowest BCUT2D eigenvalue weighted by molar-refractivity contribution is 0.0716. The number of imidazole rings is 1. The average molecular weight is 623 g/mol. The Bertz CT molecular complexity index is 1300. The van der Waals surface area contributed by atoms with E-state index in [1.807, 2.05) is 78.4 Å². The van der Waals surface area contributed by atoms with Crippen LogP contribution in [0.4, 0.5) is 0 Å². The zero-order valence-electron chi connectivity index (χ0n) is 23.5. The smallest absolute Gasteiger partial charge is 0.140 e. The van der Waals surface area contributed by atoms with Crippen molar-refractivity contribution >= 4 is 36.4 Å². The Balaban J connectivity index is 0.00000294. The minimum atomic E-state index is -0.538. The first-order chi connectivity index (χ1) is 19.0. The number of halogens is 3. The molecule has 0 aliphatic heterocycles. The Morgan fingerprint density at radius 1 is 0.854 bits per heavy atom. The Morgan fingerprint density at radius 2 is 1.44 bits per heavy atom. The SMILES string of the molecule is CCOCc1nc(-c2ccc(OC[C@@H](O)CN(CC)CC)cc2)cn1-c1ccc(Oc2ccc(Cl)cc2)cc1.Cl.Cl. The highest BCUT2D eigenvalue weighted by Crippen LogP contribution is 2.27. The van der Waals surface area contributed by atoms with Gasteiger partial charge in [-0.25, -0.2) is 4.98 Å². The van der Waals surface area contributed by atoms with Crippen molar-refractivity contribution in [3.8, 4) is 34.2 Å². The highest BCUT2D eigenvalue weighted by Gasteiger charge is 2.13. The Morgan fingerprint density at radius 3 is 2.02 bits per heavy atom. The summed E-state index contributed by atoms with van der Waals surface area (Å²) in [6.45, 7) is 9.79. The van der Waals surface area contributed by atoms with Gasteiger partial charge in [-0.3, -0.25) is 0 Å². The van der Waals surface area contributed by atoms with Crippen molar-refractivity contribution in [3.05, 3.63) is 89.8 Å². The number of benzene rings is 3. The number of ether oxygens (including phenoxy) is 3. The fraction of sp³-hybridized carbons (Fsp3) is 0.323. The molecule has 0 amide bonds. The summed E-state index contributed by atoms with van der Waals surface area (Å²) >= 11 is 5.97. The number of rotatable bonds is 14. The number of aromatic nitrogens is 2. The number of hydrogen-bond acceptors (Lipinski definition) is 6. The first-order valence-corrected chi connectivity index (χ1v) is 13.7. The van der Waals surface area contributed by atoms with Crippen LogP contribution < -0.4 is 9.47 Å². The van der Waals surface area contributed by atoms with Crippen molar-refractivity contribution in [1.29, 1.82) is 0 Å². The molecule has 4 rings (SSSR count). The van der Waals surface area contributed by atoms with Crippen LogP contribution in [-0.2, 0) is 11.3 Å². The number of likely N-dealkylation sites (N-methyl/N-ethyl adjacent to an activating group) is 1. The maximum absolute atomic E-state index is 10.3. The van der Waals surface area contributed by atoms with E-state index in [0.29, 0.717) is 30.5 Å². The quantitative estimate of drug-likeness (QED) is 0.158. The fourth-order valence-electron chi connectivity index (χ4n) is 4.14. The molecule has 1 heterocycles. The van der Waals surface area contributed by atoms with Crippen LogP contribution in [-0.4, -0.2) is 58.5 Å². The molecule has 0 fully saturated rings. The molecule has 4 aromatic rings. The molecule has 0 unspecified atom stereocenters. The summed E-state index contributed by atoms with van der Waals surface area (Å²) in [5, 5.41) is 11.0. The molecule has 222 valence electrons. The molecule has 0 aliphatic carbocycles. The summed E-state index contributed by atoms with van der Waals surface area (Å²) < 4.78 is 19.5. The van der Waals surface area contributed by atoms with E-state index in [-0.39, 0.29) is 31.4 Å². The zero-order valence-corrected chi connectivity index (χ0v) is 25.9. The van der Waals surface area contributed by atoms with E-state index in [9.17, 15) is 5.11 Å². The van der Waals surface area contributed by atoms with Gasteiger partial charge in [-0.05, 0) is 92.8 Å². The maximum atomic E-state index is 10.3. The second-order valence-corrected chi connectivity index (χ2v) is 9.51.